The van der Waals surface area contributed by atoms with Crippen LogP contribution in [0.25, 0.3) is 0 Å². The monoisotopic (exact) mass is 222 g/mol. The molecule has 4 nitrogen and oxygen atoms in total. The van der Waals surface area contributed by atoms with Crippen molar-refractivity contribution < 1.29 is 0 Å². The molecule has 0 bridgehead atoms. The zero-order chi connectivity index (χ0) is 11.7. The van der Waals surface area contributed by atoms with Crippen LogP contribution in [0.5, 0.6) is 0 Å². The van der Waals surface area contributed by atoms with Crippen LogP contribution in [0, 0.1) is 11.8 Å². The van der Waals surface area contributed by atoms with Gasteiger partial charge in [-0.3, -0.25) is 0 Å². The van der Waals surface area contributed by atoms with Gasteiger partial charge in [0, 0.05) is 25.4 Å². The van der Waals surface area contributed by atoms with E-state index in [1.165, 1.54) is 6.42 Å². The molecule has 0 amide bonds. The predicted molar refractivity (Wildman–Crippen MR) is 64.1 cm³/mol. The van der Waals surface area contributed by atoms with Crippen LogP contribution in [0.4, 0.5) is 0 Å². The number of hydrogen-bond acceptors (Lipinski definition) is 3. The summed E-state index contributed by atoms with van der Waals surface area (Å²) in [5, 5.41) is 8.67. The SMILES string of the molecule is CC1CCn2c(nnc2C(CN)C(C)C)C1. The van der Waals surface area contributed by atoms with Gasteiger partial charge in [-0.15, -0.1) is 10.2 Å². The fraction of sp³-hybridized carbons (Fsp3) is 0.833. The van der Waals surface area contributed by atoms with Gasteiger partial charge in [0.25, 0.3) is 0 Å². The van der Waals surface area contributed by atoms with Crippen LogP contribution < -0.4 is 5.73 Å². The Balaban J connectivity index is 2.29. The summed E-state index contributed by atoms with van der Waals surface area (Å²) in [6.07, 6.45) is 2.29. The van der Waals surface area contributed by atoms with Crippen molar-refractivity contribution >= 4 is 0 Å². The Morgan fingerprint density at radius 2 is 2.19 bits per heavy atom. The maximum absolute atomic E-state index is 5.84. The number of nitrogens with two attached hydrogens (primary N) is 1. The van der Waals surface area contributed by atoms with Gasteiger partial charge >= 0.3 is 0 Å². The smallest absolute Gasteiger partial charge is 0.137 e. The first-order chi connectivity index (χ1) is 7.63. The Morgan fingerprint density at radius 3 is 2.81 bits per heavy atom. The minimum atomic E-state index is 0.342. The van der Waals surface area contributed by atoms with E-state index in [2.05, 4.69) is 35.5 Å². The number of nitrogens with zero attached hydrogens (tertiary/aromatic N) is 3. The Bertz CT molecular complexity index is 356. The molecule has 90 valence electrons. The van der Waals surface area contributed by atoms with Crippen molar-refractivity contribution in [1.29, 1.82) is 0 Å². The Kier molecular flexibility index (Phi) is 3.28. The third-order valence-electron chi connectivity index (χ3n) is 3.62. The molecule has 1 aromatic heterocycles. The molecule has 0 saturated carbocycles. The van der Waals surface area contributed by atoms with E-state index in [0.29, 0.717) is 18.4 Å². The van der Waals surface area contributed by atoms with Gasteiger partial charge in [0.15, 0.2) is 0 Å². The molecule has 4 heteroatoms. The molecule has 2 heterocycles. The van der Waals surface area contributed by atoms with Crippen molar-refractivity contribution in [2.45, 2.75) is 46.1 Å². The van der Waals surface area contributed by atoms with Gasteiger partial charge < -0.3 is 10.3 Å². The summed E-state index contributed by atoms with van der Waals surface area (Å²) < 4.78 is 2.29. The maximum atomic E-state index is 5.84. The molecule has 0 radical (unpaired) electrons. The van der Waals surface area contributed by atoms with E-state index in [-0.39, 0.29) is 0 Å². The lowest BCUT2D eigenvalue weighted by Crippen LogP contribution is -2.25. The highest BCUT2D eigenvalue weighted by Crippen LogP contribution is 2.26. The molecular weight excluding hydrogens is 200 g/mol. The number of fused-ring (bicyclic) bond motifs is 1. The normalized spacial score (nSPS) is 22.2. The van der Waals surface area contributed by atoms with Crippen LogP contribution in [0.3, 0.4) is 0 Å². The summed E-state index contributed by atoms with van der Waals surface area (Å²) >= 11 is 0. The zero-order valence-corrected chi connectivity index (χ0v) is 10.5. The van der Waals surface area contributed by atoms with E-state index >= 15 is 0 Å². The summed E-state index contributed by atoms with van der Waals surface area (Å²) in [6.45, 7) is 8.39. The van der Waals surface area contributed by atoms with Gasteiger partial charge in [-0.25, -0.2) is 0 Å². The molecule has 2 rings (SSSR count). The van der Waals surface area contributed by atoms with Gasteiger partial charge in [-0.1, -0.05) is 20.8 Å². The molecule has 2 unspecified atom stereocenters. The second-order valence-corrected chi connectivity index (χ2v) is 5.31. The Labute approximate surface area is 97.2 Å². The lowest BCUT2D eigenvalue weighted by atomic mass is 9.94. The first-order valence-electron chi connectivity index (χ1n) is 6.25. The van der Waals surface area contributed by atoms with Crippen LogP contribution in [-0.4, -0.2) is 21.3 Å². The summed E-state index contributed by atoms with van der Waals surface area (Å²) in [4.78, 5) is 0. The topological polar surface area (TPSA) is 56.7 Å². The molecule has 1 aliphatic heterocycles. The van der Waals surface area contributed by atoms with Crippen molar-refractivity contribution in [3.8, 4) is 0 Å². The molecule has 0 spiro atoms. The molecule has 0 aromatic carbocycles. The van der Waals surface area contributed by atoms with Crippen molar-refractivity contribution in [3.05, 3.63) is 11.6 Å². The number of aromatic nitrogens is 3. The largest absolute Gasteiger partial charge is 0.330 e. The van der Waals surface area contributed by atoms with E-state index < -0.39 is 0 Å². The maximum Gasteiger partial charge on any atom is 0.137 e. The van der Waals surface area contributed by atoms with Crippen molar-refractivity contribution in [2.75, 3.05) is 6.54 Å². The minimum Gasteiger partial charge on any atom is -0.330 e. The predicted octanol–water partition coefficient (Wildman–Crippen LogP) is 1.56. The van der Waals surface area contributed by atoms with Gasteiger partial charge in [0.1, 0.15) is 11.6 Å². The third-order valence-corrected chi connectivity index (χ3v) is 3.62. The first-order valence-corrected chi connectivity index (χ1v) is 6.25. The molecule has 0 fully saturated rings. The van der Waals surface area contributed by atoms with E-state index in [9.17, 15) is 0 Å². The fourth-order valence-electron chi connectivity index (χ4n) is 2.46. The minimum absolute atomic E-state index is 0.342. The number of hydrogen-bond donors (Lipinski definition) is 1. The van der Waals surface area contributed by atoms with E-state index in [1.807, 2.05) is 0 Å². The highest BCUT2D eigenvalue weighted by Gasteiger charge is 2.25. The molecule has 2 N–H and O–H groups in total. The molecule has 0 aliphatic carbocycles. The van der Waals surface area contributed by atoms with Crippen molar-refractivity contribution in [2.24, 2.45) is 17.6 Å². The van der Waals surface area contributed by atoms with E-state index in [1.54, 1.807) is 0 Å². The van der Waals surface area contributed by atoms with E-state index in [4.69, 9.17) is 5.73 Å². The van der Waals surface area contributed by atoms with Crippen molar-refractivity contribution in [3.63, 3.8) is 0 Å². The highest BCUT2D eigenvalue weighted by atomic mass is 15.3. The molecule has 0 saturated heterocycles. The second kappa shape index (κ2) is 4.53. The third kappa shape index (κ3) is 1.98. The molecule has 1 aromatic rings. The lowest BCUT2D eigenvalue weighted by Gasteiger charge is -2.24. The van der Waals surface area contributed by atoms with Crippen molar-refractivity contribution in [1.82, 2.24) is 14.8 Å². The first kappa shape index (κ1) is 11.6. The fourth-order valence-corrected chi connectivity index (χ4v) is 2.46. The van der Waals surface area contributed by atoms with Gasteiger partial charge in [-0.05, 0) is 18.3 Å². The molecule has 2 atom stereocenters. The van der Waals surface area contributed by atoms with Crippen LogP contribution in [0.2, 0.25) is 0 Å². The molecular formula is C12H22N4. The Hall–Kier alpha value is -0.900. The standard InChI is InChI=1S/C12H22N4/c1-8(2)10(7-13)12-15-14-11-6-9(3)4-5-16(11)12/h8-10H,4-7,13H2,1-3H3. The summed E-state index contributed by atoms with van der Waals surface area (Å²) in [5.74, 6) is 3.85. The molecule has 1 aliphatic rings. The van der Waals surface area contributed by atoms with Crippen LogP contribution in [0.1, 0.15) is 44.8 Å². The van der Waals surface area contributed by atoms with Crippen LogP contribution in [0.15, 0.2) is 0 Å². The second-order valence-electron chi connectivity index (χ2n) is 5.31. The summed E-state index contributed by atoms with van der Waals surface area (Å²) in [6, 6.07) is 0. The average molecular weight is 222 g/mol. The van der Waals surface area contributed by atoms with Crippen LogP contribution in [-0.2, 0) is 13.0 Å². The van der Waals surface area contributed by atoms with Gasteiger partial charge in [-0.2, -0.15) is 0 Å². The van der Waals surface area contributed by atoms with Gasteiger partial charge in [0.2, 0.25) is 0 Å². The molecule has 16 heavy (non-hydrogen) atoms. The highest BCUT2D eigenvalue weighted by molar-refractivity contribution is 5.06. The lowest BCUT2D eigenvalue weighted by molar-refractivity contribution is 0.383. The zero-order valence-electron chi connectivity index (χ0n) is 10.5. The van der Waals surface area contributed by atoms with E-state index in [0.717, 1.165) is 30.5 Å². The van der Waals surface area contributed by atoms with Gasteiger partial charge in [0.05, 0.1) is 0 Å². The average Bonchev–Trinajstić information content (AvgIpc) is 2.62. The summed E-state index contributed by atoms with van der Waals surface area (Å²) in [5.41, 5.74) is 5.84. The number of rotatable bonds is 3. The Morgan fingerprint density at radius 1 is 1.44 bits per heavy atom. The van der Waals surface area contributed by atoms with Crippen LogP contribution >= 0.6 is 0 Å². The summed E-state index contributed by atoms with van der Waals surface area (Å²) in [7, 11) is 0. The quantitative estimate of drug-likeness (QED) is 0.844.